The molecule has 0 aliphatic heterocycles. The maximum absolute atomic E-state index is 12.3. The van der Waals surface area contributed by atoms with Gasteiger partial charge in [-0.15, -0.1) is 0 Å². The second-order valence-electron chi connectivity index (χ2n) is 5.46. The molecule has 0 saturated carbocycles. The van der Waals surface area contributed by atoms with E-state index in [9.17, 15) is 14.4 Å². The predicted molar refractivity (Wildman–Crippen MR) is 95.8 cm³/mol. The van der Waals surface area contributed by atoms with Gasteiger partial charge in [0.25, 0.3) is 11.5 Å². The molecule has 1 aromatic carbocycles. The van der Waals surface area contributed by atoms with Gasteiger partial charge in [0.1, 0.15) is 11.1 Å². The molecule has 1 N–H and O–H groups in total. The van der Waals surface area contributed by atoms with Gasteiger partial charge >= 0.3 is 5.63 Å². The maximum atomic E-state index is 12.3. The zero-order valence-electron chi connectivity index (χ0n) is 13.3. The fourth-order valence-corrected chi connectivity index (χ4v) is 2.74. The van der Waals surface area contributed by atoms with Gasteiger partial charge in [-0.1, -0.05) is 15.9 Å². The molecule has 2 heterocycles. The van der Waals surface area contributed by atoms with Gasteiger partial charge in [-0.25, -0.2) is 9.78 Å². The molecule has 3 rings (SSSR count). The molecule has 2 aromatic heterocycles. The smallest absolute Gasteiger partial charge is 0.349 e. The number of fused-ring (bicyclic) bond motifs is 1. The number of hydrogen-bond acceptors (Lipinski definition) is 5. The fraction of sp³-hybridized carbons (Fsp3) is 0.176. The quantitative estimate of drug-likeness (QED) is 0.670. The highest BCUT2D eigenvalue weighted by atomic mass is 79.9. The summed E-state index contributed by atoms with van der Waals surface area (Å²) >= 11 is 3.33. The van der Waals surface area contributed by atoms with E-state index in [2.05, 4.69) is 26.2 Å². The number of halogens is 1. The Bertz CT molecular complexity index is 1070. The van der Waals surface area contributed by atoms with Crippen LogP contribution < -0.4 is 16.5 Å². The molecule has 25 heavy (non-hydrogen) atoms. The minimum Gasteiger partial charge on any atom is -0.422 e. The lowest BCUT2D eigenvalue weighted by Crippen LogP contribution is -2.33. The SMILES string of the molecule is Cc1cncn(CCNC(=O)c2cc3cc(Br)ccc3oc2=O)c1=O. The zero-order chi connectivity index (χ0) is 18.0. The Morgan fingerprint density at radius 3 is 2.92 bits per heavy atom. The highest BCUT2D eigenvalue weighted by Crippen LogP contribution is 2.19. The van der Waals surface area contributed by atoms with Crippen molar-refractivity contribution in [1.82, 2.24) is 14.9 Å². The highest BCUT2D eigenvalue weighted by Gasteiger charge is 2.13. The third-order valence-electron chi connectivity index (χ3n) is 3.65. The van der Waals surface area contributed by atoms with Crippen LogP contribution in [0.15, 0.2) is 55.3 Å². The molecular formula is C17H14BrN3O4. The summed E-state index contributed by atoms with van der Waals surface area (Å²) in [5.41, 5.74) is -0.0296. The number of aromatic nitrogens is 2. The first-order valence-corrected chi connectivity index (χ1v) is 8.27. The number of rotatable bonds is 4. The lowest BCUT2D eigenvalue weighted by molar-refractivity contribution is 0.0948. The van der Waals surface area contributed by atoms with Gasteiger partial charge < -0.3 is 9.73 Å². The van der Waals surface area contributed by atoms with Gasteiger partial charge in [0.05, 0.1) is 6.33 Å². The van der Waals surface area contributed by atoms with Crippen LogP contribution in [0.25, 0.3) is 11.0 Å². The lowest BCUT2D eigenvalue weighted by atomic mass is 10.2. The van der Waals surface area contributed by atoms with E-state index >= 15 is 0 Å². The molecule has 0 atom stereocenters. The van der Waals surface area contributed by atoms with Gasteiger partial charge in [0, 0.05) is 34.7 Å². The largest absolute Gasteiger partial charge is 0.422 e. The first-order valence-electron chi connectivity index (χ1n) is 7.48. The van der Waals surface area contributed by atoms with Crippen LogP contribution in [0.1, 0.15) is 15.9 Å². The first kappa shape index (κ1) is 17.1. The number of benzene rings is 1. The van der Waals surface area contributed by atoms with Gasteiger partial charge in [-0.2, -0.15) is 0 Å². The van der Waals surface area contributed by atoms with Gasteiger partial charge in [0.15, 0.2) is 0 Å². The summed E-state index contributed by atoms with van der Waals surface area (Å²) in [7, 11) is 0. The third kappa shape index (κ3) is 3.69. The Hall–Kier alpha value is -2.74. The summed E-state index contributed by atoms with van der Waals surface area (Å²) in [6.07, 6.45) is 2.89. The molecule has 0 fully saturated rings. The summed E-state index contributed by atoms with van der Waals surface area (Å²) in [5, 5.41) is 3.25. The number of nitrogens with zero attached hydrogens (tertiary/aromatic N) is 2. The van der Waals surface area contributed by atoms with E-state index in [-0.39, 0.29) is 24.2 Å². The first-order chi connectivity index (χ1) is 12.0. The molecule has 0 aliphatic carbocycles. The van der Waals surface area contributed by atoms with E-state index < -0.39 is 11.5 Å². The highest BCUT2D eigenvalue weighted by molar-refractivity contribution is 9.10. The van der Waals surface area contributed by atoms with Crippen molar-refractivity contribution in [1.29, 1.82) is 0 Å². The molecule has 0 radical (unpaired) electrons. The van der Waals surface area contributed by atoms with Crippen molar-refractivity contribution in [2.24, 2.45) is 0 Å². The fourth-order valence-electron chi connectivity index (χ4n) is 2.36. The van der Waals surface area contributed by atoms with Crippen LogP contribution in [-0.4, -0.2) is 22.0 Å². The molecule has 7 nitrogen and oxygen atoms in total. The topological polar surface area (TPSA) is 94.2 Å². The van der Waals surface area contributed by atoms with Crippen LogP contribution in [0, 0.1) is 6.92 Å². The van der Waals surface area contributed by atoms with Gasteiger partial charge in [-0.05, 0) is 31.2 Å². The minimum atomic E-state index is -0.707. The van der Waals surface area contributed by atoms with Crippen LogP contribution in [0.3, 0.4) is 0 Å². The van der Waals surface area contributed by atoms with Gasteiger partial charge in [0.2, 0.25) is 0 Å². The predicted octanol–water partition coefficient (Wildman–Crippen LogP) is 1.85. The molecule has 0 bridgehead atoms. The zero-order valence-corrected chi connectivity index (χ0v) is 14.9. The van der Waals surface area contributed by atoms with Crippen molar-refractivity contribution in [2.45, 2.75) is 13.5 Å². The van der Waals surface area contributed by atoms with E-state index in [0.717, 1.165) is 4.47 Å². The van der Waals surface area contributed by atoms with Gasteiger partial charge in [-0.3, -0.25) is 14.2 Å². The normalized spacial score (nSPS) is 10.8. The molecule has 0 saturated heterocycles. The summed E-state index contributed by atoms with van der Waals surface area (Å²) in [4.78, 5) is 40.1. The number of carbonyl (C=O) groups excluding carboxylic acids is 1. The van der Waals surface area contributed by atoms with E-state index in [1.807, 2.05) is 0 Å². The average molecular weight is 404 g/mol. The van der Waals surface area contributed by atoms with Crippen molar-refractivity contribution in [3.63, 3.8) is 0 Å². The second kappa shape index (κ2) is 7.02. The Labute approximate surface area is 150 Å². The molecule has 8 heteroatoms. The van der Waals surface area contributed by atoms with Crippen LogP contribution in [0.4, 0.5) is 0 Å². The Morgan fingerprint density at radius 1 is 1.32 bits per heavy atom. The molecule has 128 valence electrons. The van der Waals surface area contributed by atoms with Crippen LogP contribution >= 0.6 is 15.9 Å². The second-order valence-corrected chi connectivity index (χ2v) is 6.38. The van der Waals surface area contributed by atoms with E-state index in [1.54, 1.807) is 25.1 Å². The molecule has 0 unspecified atom stereocenters. The Kier molecular flexibility index (Phi) is 4.80. The van der Waals surface area contributed by atoms with E-state index in [1.165, 1.54) is 23.2 Å². The number of amides is 1. The number of carbonyl (C=O) groups is 1. The van der Waals surface area contributed by atoms with Crippen LogP contribution in [0.5, 0.6) is 0 Å². The summed E-state index contributed by atoms with van der Waals surface area (Å²) < 4.78 is 7.38. The summed E-state index contributed by atoms with van der Waals surface area (Å²) in [5.74, 6) is -0.552. The molecular weight excluding hydrogens is 390 g/mol. The van der Waals surface area contributed by atoms with Crippen molar-refractivity contribution in [3.8, 4) is 0 Å². The van der Waals surface area contributed by atoms with Crippen molar-refractivity contribution >= 4 is 32.8 Å². The molecule has 0 spiro atoms. The molecule has 1 amide bonds. The summed E-state index contributed by atoms with van der Waals surface area (Å²) in [6.45, 7) is 2.10. The van der Waals surface area contributed by atoms with E-state index in [4.69, 9.17) is 4.42 Å². The Morgan fingerprint density at radius 2 is 2.12 bits per heavy atom. The lowest BCUT2D eigenvalue weighted by Gasteiger charge is -2.07. The van der Waals surface area contributed by atoms with Crippen LogP contribution in [-0.2, 0) is 6.54 Å². The number of aryl methyl sites for hydroxylation is 1. The Balaban J connectivity index is 1.76. The summed E-state index contributed by atoms with van der Waals surface area (Å²) in [6, 6.07) is 6.65. The maximum Gasteiger partial charge on any atom is 0.349 e. The van der Waals surface area contributed by atoms with Crippen molar-refractivity contribution in [2.75, 3.05) is 6.54 Å². The molecule has 3 aromatic rings. The van der Waals surface area contributed by atoms with Crippen molar-refractivity contribution in [3.05, 3.63) is 73.2 Å². The van der Waals surface area contributed by atoms with Crippen molar-refractivity contribution < 1.29 is 9.21 Å². The third-order valence-corrected chi connectivity index (χ3v) is 4.14. The van der Waals surface area contributed by atoms with Crippen LogP contribution in [0.2, 0.25) is 0 Å². The monoisotopic (exact) mass is 403 g/mol. The average Bonchev–Trinajstić information content (AvgIpc) is 2.58. The van der Waals surface area contributed by atoms with E-state index in [0.29, 0.717) is 16.5 Å². The standard InChI is InChI=1S/C17H14BrN3O4/c1-10-8-19-9-21(16(10)23)5-4-20-15(22)13-7-11-6-12(18)2-3-14(11)25-17(13)24/h2-3,6-9H,4-5H2,1H3,(H,20,22). The molecule has 0 aliphatic rings. The number of hydrogen-bond donors (Lipinski definition) is 1. The number of nitrogens with one attached hydrogen (secondary N) is 1. The minimum absolute atomic E-state index is 0.0830.